The zero-order chi connectivity index (χ0) is 24.8. The van der Waals surface area contributed by atoms with Crippen molar-refractivity contribution in [3.63, 3.8) is 0 Å². The van der Waals surface area contributed by atoms with Crippen LogP contribution in [0, 0.1) is 5.82 Å². The van der Waals surface area contributed by atoms with Crippen LogP contribution in [0.4, 0.5) is 10.2 Å². The Labute approximate surface area is 205 Å². The minimum atomic E-state index is -0.390. The van der Waals surface area contributed by atoms with Gasteiger partial charge in [-0.05, 0) is 56.7 Å². The molecule has 10 heteroatoms. The van der Waals surface area contributed by atoms with Crippen LogP contribution in [0.3, 0.4) is 0 Å². The summed E-state index contributed by atoms with van der Waals surface area (Å²) in [7, 11) is 3.30. The molecule has 4 N–H and O–H groups in total. The standard InChI is InChI=1S/C25H35FN6O3/c1-34-14-22(27)29-20-5-3-4-6-21(20)31-23-18-13-15(26)7-12-19(18)30-24(32-23)25(33)28-16-8-10-17(35-2)11-9-16/h7,12-13,16-17,20-21H,3-6,8-11,14H2,1-2H3,(H2,27,29)(H,28,33)(H,30,31,32)/t16?,17?,20-,21+/m1/s1. The first-order valence-corrected chi connectivity index (χ1v) is 12.4. The molecule has 2 aliphatic rings. The third-order valence-electron chi connectivity index (χ3n) is 6.88. The predicted molar refractivity (Wildman–Crippen MR) is 133 cm³/mol. The number of hydrogen-bond acceptors (Lipinski definition) is 7. The van der Waals surface area contributed by atoms with Crippen LogP contribution in [0.15, 0.2) is 23.2 Å². The van der Waals surface area contributed by atoms with Gasteiger partial charge in [-0.25, -0.2) is 14.4 Å². The summed E-state index contributed by atoms with van der Waals surface area (Å²) in [6, 6.07) is 4.24. The lowest BCUT2D eigenvalue weighted by Crippen LogP contribution is -2.40. The molecule has 2 aliphatic carbocycles. The van der Waals surface area contributed by atoms with Gasteiger partial charge in [-0.3, -0.25) is 9.79 Å². The van der Waals surface area contributed by atoms with E-state index in [0.29, 0.717) is 22.6 Å². The molecule has 2 atom stereocenters. The number of nitrogens with two attached hydrogens (primary N) is 1. The first-order chi connectivity index (χ1) is 17.0. The molecule has 2 saturated carbocycles. The van der Waals surface area contributed by atoms with E-state index in [0.717, 1.165) is 51.4 Å². The monoisotopic (exact) mass is 486 g/mol. The minimum Gasteiger partial charge on any atom is -0.386 e. The number of rotatable bonds is 8. The Morgan fingerprint density at radius 3 is 2.66 bits per heavy atom. The summed E-state index contributed by atoms with van der Waals surface area (Å²) < 4.78 is 24.6. The molecule has 2 aromatic rings. The number of amides is 1. The van der Waals surface area contributed by atoms with Crippen molar-refractivity contribution in [2.45, 2.75) is 75.6 Å². The van der Waals surface area contributed by atoms with Crippen LogP contribution >= 0.6 is 0 Å². The highest BCUT2D eigenvalue weighted by molar-refractivity contribution is 5.96. The van der Waals surface area contributed by atoms with E-state index >= 15 is 0 Å². The van der Waals surface area contributed by atoms with Gasteiger partial charge in [-0.15, -0.1) is 0 Å². The molecule has 2 fully saturated rings. The van der Waals surface area contributed by atoms with Crippen molar-refractivity contribution in [2.24, 2.45) is 10.7 Å². The van der Waals surface area contributed by atoms with Gasteiger partial charge >= 0.3 is 0 Å². The van der Waals surface area contributed by atoms with Crippen molar-refractivity contribution in [3.05, 3.63) is 29.8 Å². The number of amidine groups is 1. The highest BCUT2D eigenvalue weighted by atomic mass is 19.1. The number of aromatic nitrogens is 2. The SMILES string of the molecule is COCC(N)=N[C@@H]1CCCC[C@@H]1Nc1nc(C(=O)NC2CCC(OC)CC2)nc2ccc(F)cc12. The van der Waals surface area contributed by atoms with E-state index in [2.05, 4.69) is 25.6 Å². The van der Waals surface area contributed by atoms with E-state index in [1.165, 1.54) is 12.1 Å². The number of ether oxygens (including phenoxy) is 2. The van der Waals surface area contributed by atoms with Crippen molar-refractivity contribution in [1.82, 2.24) is 15.3 Å². The highest BCUT2D eigenvalue weighted by Gasteiger charge is 2.28. The zero-order valence-electron chi connectivity index (χ0n) is 20.4. The van der Waals surface area contributed by atoms with Crippen LogP contribution in [0.25, 0.3) is 10.9 Å². The van der Waals surface area contributed by atoms with Crippen LogP contribution in [0.5, 0.6) is 0 Å². The molecule has 1 aromatic carbocycles. The Kier molecular flexibility index (Phi) is 8.46. The quantitative estimate of drug-likeness (QED) is 0.387. The Bertz CT molecular complexity index is 1060. The fourth-order valence-electron chi connectivity index (χ4n) is 5.01. The normalized spacial score (nSPS) is 25.4. The second-order valence-electron chi connectivity index (χ2n) is 9.40. The molecular weight excluding hydrogens is 451 g/mol. The number of aliphatic imine (C=N–C) groups is 1. The van der Waals surface area contributed by atoms with E-state index in [-0.39, 0.29) is 48.4 Å². The fraction of sp³-hybridized carbons (Fsp3) is 0.600. The molecule has 190 valence electrons. The van der Waals surface area contributed by atoms with E-state index in [1.54, 1.807) is 20.3 Å². The van der Waals surface area contributed by atoms with Gasteiger partial charge in [0.1, 0.15) is 24.1 Å². The topological polar surface area (TPSA) is 124 Å². The van der Waals surface area contributed by atoms with E-state index in [9.17, 15) is 9.18 Å². The molecule has 4 rings (SSSR count). The average Bonchev–Trinajstić information content (AvgIpc) is 2.86. The maximum absolute atomic E-state index is 14.1. The first-order valence-electron chi connectivity index (χ1n) is 12.4. The third kappa shape index (κ3) is 6.43. The summed E-state index contributed by atoms with van der Waals surface area (Å²) in [4.78, 5) is 26.7. The predicted octanol–water partition coefficient (Wildman–Crippen LogP) is 3.18. The molecule has 0 saturated heterocycles. The van der Waals surface area contributed by atoms with Gasteiger partial charge in [0.05, 0.1) is 17.7 Å². The molecule has 1 aromatic heterocycles. The Morgan fingerprint density at radius 1 is 1.14 bits per heavy atom. The number of benzene rings is 1. The van der Waals surface area contributed by atoms with E-state index in [4.69, 9.17) is 15.2 Å². The van der Waals surface area contributed by atoms with Gasteiger partial charge < -0.3 is 25.8 Å². The summed E-state index contributed by atoms with van der Waals surface area (Å²) in [5.74, 6) is 0.213. The Balaban J connectivity index is 1.58. The van der Waals surface area contributed by atoms with Crippen molar-refractivity contribution >= 4 is 28.5 Å². The number of carbonyl (C=O) groups excluding carboxylic acids is 1. The molecule has 35 heavy (non-hydrogen) atoms. The number of nitrogens with one attached hydrogen (secondary N) is 2. The summed E-state index contributed by atoms with van der Waals surface area (Å²) in [6.45, 7) is 0.265. The van der Waals surface area contributed by atoms with Gasteiger partial charge in [0.15, 0.2) is 0 Å². The molecule has 0 radical (unpaired) electrons. The molecule has 0 spiro atoms. The zero-order valence-corrected chi connectivity index (χ0v) is 20.4. The highest BCUT2D eigenvalue weighted by Crippen LogP contribution is 2.28. The van der Waals surface area contributed by atoms with Crippen LogP contribution in [0.1, 0.15) is 62.0 Å². The molecule has 1 amide bonds. The number of carbonyl (C=O) groups is 1. The van der Waals surface area contributed by atoms with Crippen molar-refractivity contribution in [2.75, 3.05) is 26.1 Å². The van der Waals surface area contributed by atoms with Crippen LogP contribution in [-0.4, -0.2) is 66.8 Å². The van der Waals surface area contributed by atoms with Crippen molar-refractivity contribution < 1.29 is 18.7 Å². The fourth-order valence-corrected chi connectivity index (χ4v) is 5.01. The summed E-state index contributed by atoms with van der Waals surface area (Å²) in [5, 5.41) is 7.03. The molecule has 0 unspecified atom stereocenters. The Morgan fingerprint density at radius 2 is 1.91 bits per heavy atom. The Hall–Kier alpha value is -2.85. The second-order valence-corrected chi connectivity index (χ2v) is 9.40. The third-order valence-corrected chi connectivity index (χ3v) is 6.88. The number of methoxy groups -OCH3 is 2. The number of halogens is 1. The maximum Gasteiger partial charge on any atom is 0.289 e. The number of anilines is 1. The molecular formula is C25H35FN6O3. The lowest BCUT2D eigenvalue weighted by atomic mass is 9.90. The minimum absolute atomic E-state index is 0.0543. The second kappa shape index (κ2) is 11.7. The van der Waals surface area contributed by atoms with Crippen LogP contribution < -0.4 is 16.4 Å². The van der Waals surface area contributed by atoms with Gasteiger partial charge in [0.2, 0.25) is 5.82 Å². The molecule has 0 bridgehead atoms. The summed E-state index contributed by atoms with van der Waals surface area (Å²) in [6.07, 6.45) is 7.56. The molecule has 0 aliphatic heterocycles. The lowest BCUT2D eigenvalue weighted by Gasteiger charge is -2.31. The van der Waals surface area contributed by atoms with E-state index in [1.807, 2.05) is 0 Å². The van der Waals surface area contributed by atoms with Crippen LogP contribution in [0.2, 0.25) is 0 Å². The maximum atomic E-state index is 14.1. The van der Waals surface area contributed by atoms with Gasteiger partial charge in [-0.2, -0.15) is 0 Å². The number of fused-ring (bicyclic) bond motifs is 1. The molecule has 1 heterocycles. The van der Waals surface area contributed by atoms with Gasteiger partial charge in [0, 0.05) is 31.7 Å². The van der Waals surface area contributed by atoms with E-state index < -0.39 is 0 Å². The van der Waals surface area contributed by atoms with Gasteiger partial charge in [0.25, 0.3) is 5.91 Å². The smallest absolute Gasteiger partial charge is 0.289 e. The molecule has 9 nitrogen and oxygen atoms in total. The summed E-state index contributed by atoms with van der Waals surface area (Å²) in [5.41, 5.74) is 6.52. The first kappa shape index (κ1) is 25.2. The van der Waals surface area contributed by atoms with Crippen LogP contribution in [-0.2, 0) is 9.47 Å². The number of hydrogen-bond donors (Lipinski definition) is 3. The van der Waals surface area contributed by atoms with Gasteiger partial charge in [-0.1, -0.05) is 12.8 Å². The lowest BCUT2D eigenvalue weighted by molar-refractivity contribution is 0.0597. The number of nitrogens with zero attached hydrogens (tertiary/aromatic N) is 3. The largest absolute Gasteiger partial charge is 0.386 e. The average molecular weight is 487 g/mol. The van der Waals surface area contributed by atoms with Crippen molar-refractivity contribution in [3.8, 4) is 0 Å². The summed E-state index contributed by atoms with van der Waals surface area (Å²) >= 11 is 0. The van der Waals surface area contributed by atoms with Crippen molar-refractivity contribution in [1.29, 1.82) is 0 Å².